The Labute approximate surface area is 194 Å². The van der Waals surface area contributed by atoms with Gasteiger partial charge in [-0.05, 0) is 57.9 Å². The van der Waals surface area contributed by atoms with E-state index in [9.17, 15) is 27.2 Å². The summed E-state index contributed by atoms with van der Waals surface area (Å²) in [6, 6.07) is 0. The highest BCUT2D eigenvalue weighted by atomic mass is 32.2. The van der Waals surface area contributed by atoms with E-state index >= 15 is 8.78 Å². The first-order valence-electron chi connectivity index (χ1n) is 9.80. The first kappa shape index (κ1) is 24.3. The van der Waals surface area contributed by atoms with Crippen molar-refractivity contribution < 1.29 is 35.9 Å². The van der Waals surface area contributed by atoms with Gasteiger partial charge < -0.3 is 11.1 Å². The first-order chi connectivity index (χ1) is 14.7. The van der Waals surface area contributed by atoms with Crippen LogP contribution in [0, 0.1) is 0 Å². The van der Waals surface area contributed by atoms with Gasteiger partial charge in [0.1, 0.15) is 0 Å². The lowest BCUT2D eigenvalue weighted by atomic mass is 9.71. The molecule has 0 aromatic rings. The Kier molecular flexibility index (Phi) is 4.74. The molecule has 0 saturated heterocycles. The molecule has 0 aromatic heterocycles. The predicted molar refractivity (Wildman–Crippen MR) is 114 cm³/mol. The summed E-state index contributed by atoms with van der Waals surface area (Å²) in [6.45, 7) is 7.87. The second-order valence-electron chi connectivity index (χ2n) is 9.66. The summed E-state index contributed by atoms with van der Waals surface area (Å²) in [6.07, 6.45) is 1.88. The molecule has 0 radical (unpaired) electrons. The Bertz CT molecular complexity index is 1150. The minimum absolute atomic E-state index is 0.0841. The van der Waals surface area contributed by atoms with Gasteiger partial charge in [-0.3, -0.25) is 9.59 Å². The third-order valence-corrected chi connectivity index (χ3v) is 9.54. The van der Waals surface area contributed by atoms with Crippen LogP contribution in [-0.4, -0.2) is 44.6 Å². The molecule has 2 amide bonds. The van der Waals surface area contributed by atoms with Crippen molar-refractivity contribution in [2.75, 3.05) is 0 Å². The zero-order chi connectivity index (χ0) is 25.2. The van der Waals surface area contributed by atoms with E-state index in [4.69, 9.17) is 5.73 Å². The van der Waals surface area contributed by atoms with Crippen LogP contribution < -0.4 is 11.1 Å². The normalized spacial score (nSPS) is 33.3. The maximum Gasteiger partial charge on any atom is 0.380 e. The smallest absolute Gasteiger partial charge is 0.365 e. The van der Waals surface area contributed by atoms with Crippen LogP contribution >= 0.6 is 23.5 Å². The van der Waals surface area contributed by atoms with Gasteiger partial charge in [0.15, 0.2) is 0 Å². The topological polar surface area (TPSA) is 72.2 Å². The molecule has 2 aliphatic heterocycles. The van der Waals surface area contributed by atoms with E-state index in [0.717, 1.165) is 35.7 Å². The van der Waals surface area contributed by atoms with Gasteiger partial charge in [-0.15, -0.1) is 23.5 Å². The number of thioether (sulfide) groups is 2. The molecular formula is C21H20F6N2O2S2. The zero-order valence-corrected chi connectivity index (χ0v) is 19.8. The highest BCUT2D eigenvalue weighted by molar-refractivity contribution is 8.10. The summed E-state index contributed by atoms with van der Waals surface area (Å²) in [5.74, 6) is -17.8. The number of carbonyl (C=O) groups is 2. The lowest BCUT2D eigenvalue weighted by Gasteiger charge is -2.47. The SMILES string of the molecule is CC(C)(C)NC(=O)C1=CC2=C3C(=C4C=C(C(N)=O)SC4(C)C2(C)S1)C(F)(F)C(F)(F)C3(F)F. The number of hydrogen-bond donors (Lipinski definition) is 2. The molecule has 4 rings (SSSR count). The molecule has 0 spiro atoms. The molecule has 3 N–H and O–H groups in total. The van der Waals surface area contributed by atoms with Gasteiger partial charge in [-0.25, -0.2) is 0 Å². The largest absolute Gasteiger partial charge is 0.380 e. The maximum absolute atomic E-state index is 15.0. The van der Waals surface area contributed by atoms with Crippen molar-refractivity contribution in [3.05, 3.63) is 44.3 Å². The third kappa shape index (κ3) is 2.82. The van der Waals surface area contributed by atoms with E-state index in [1.165, 1.54) is 13.8 Å². The quantitative estimate of drug-likeness (QED) is 0.529. The summed E-state index contributed by atoms with van der Waals surface area (Å²) in [5.41, 5.74) is 0.607. The van der Waals surface area contributed by atoms with Crippen molar-refractivity contribution in [1.82, 2.24) is 5.32 Å². The number of allylic oxidation sites excluding steroid dienone is 4. The van der Waals surface area contributed by atoms with Crippen molar-refractivity contribution in [2.45, 2.75) is 67.4 Å². The number of nitrogens with one attached hydrogen (secondary N) is 1. The lowest BCUT2D eigenvalue weighted by molar-refractivity contribution is -0.258. The molecule has 2 aliphatic carbocycles. The first-order valence-corrected chi connectivity index (χ1v) is 11.4. The lowest BCUT2D eigenvalue weighted by Crippen LogP contribution is -2.49. The molecule has 4 nitrogen and oxygen atoms in total. The maximum atomic E-state index is 15.0. The minimum Gasteiger partial charge on any atom is -0.365 e. The Morgan fingerprint density at radius 3 is 1.64 bits per heavy atom. The van der Waals surface area contributed by atoms with Crippen LogP contribution in [0.1, 0.15) is 34.6 Å². The number of fused-ring (bicyclic) bond motifs is 4. The number of halogens is 6. The Hall–Kier alpha value is -1.82. The molecule has 12 heteroatoms. The molecule has 33 heavy (non-hydrogen) atoms. The average molecular weight is 511 g/mol. The van der Waals surface area contributed by atoms with Gasteiger partial charge in [-0.2, -0.15) is 26.3 Å². The average Bonchev–Trinajstić information content (AvgIpc) is 3.20. The van der Waals surface area contributed by atoms with Gasteiger partial charge in [0.25, 0.3) is 11.8 Å². The van der Waals surface area contributed by atoms with E-state index in [0.29, 0.717) is 0 Å². The number of primary amides is 1. The second-order valence-corrected chi connectivity index (χ2v) is 12.6. The predicted octanol–water partition coefficient (Wildman–Crippen LogP) is 4.69. The van der Waals surface area contributed by atoms with Crippen molar-refractivity contribution in [1.29, 1.82) is 0 Å². The van der Waals surface area contributed by atoms with Gasteiger partial charge in [0, 0.05) is 16.7 Å². The highest BCUT2D eigenvalue weighted by Gasteiger charge is 2.84. The van der Waals surface area contributed by atoms with Crippen molar-refractivity contribution >= 4 is 35.3 Å². The Morgan fingerprint density at radius 2 is 1.24 bits per heavy atom. The Balaban J connectivity index is 2.06. The fraction of sp³-hybridized carbons (Fsp3) is 0.524. The summed E-state index contributed by atoms with van der Waals surface area (Å²) >= 11 is 1.55. The number of amides is 2. The standard InChI is InChI=1S/C21H20F6N2O2S2/c1-16(2,3)29-15(31)11-7-9-13-12(19(22,23)21(26,27)20(13,24)25)8-6-10(14(28)30)32-17(8,4)18(9,5)33-11/h6-7H,1-5H3,(H2,28,30)(H,29,31). The number of rotatable bonds is 2. The molecule has 1 saturated carbocycles. The van der Waals surface area contributed by atoms with Gasteiger partial charge >= 0.3 is 17.8 Å². The monoisotopic (exact) mass is 510 g/mol. The second kappa shape index (κ2) is 6.44. The van der Waals surface area contributed by atoms with Crippen LogP contribution in [0.3, 0.4) is 0 Å². The van der Waals surface area contributed by atoms with Crippen LogP contribution in [-0.2, 0) is 9.59 Å². The highest BCUT2D eigenvalue weighted by Crippen LogP contribution is 2.74. The van der Waals surface area contributed by atoms with Gasteiger partial charge in [0.2, 0.25) is 0 Å². The third-order valence-electron chi connectivity index (χ3n) is 6.28. The summed E-state index contributed by atoms with van der Waals surface area (Å²) in [4.78, 5) is 24.4. The number of alkyl halides is 6. The fourth-order valence-corrected chi connectivity index (χ4v) is 7.42. The van der Waals surface area contributed by atoms with E-state index in [1.807, 2.05) is 0 Å². The van der Waals surface area contributed by atoms with Gasteiger partial charge in [-0.1, -0.05) is 0 Å². The molecule has 1 fully saturated rings. The minimum atomic E-state index is -5.71. The van der Waals surface area contributed by atoms with Crippen LogP contribution in [0.4, 0.5) is 26.3 Å². The molecule has 2 atom stereocenters. The molecule has 4 aliphatic rings. The number of carbonyl (C=O) groups excluding carboxylic acids is 2. The zero-order valence-electron chi connectivity index (χ0n) is 18.1. The van der Waals surface area contributed by atoms with Crippen molar-refractivity contribution in [3.63, 3.8) is 0 Å². The molecule has 180 valence electrons. The van der Waals surface area contributed by atoms with Crippen LogP contribution in [0.25, 0.3) is 0 Å². The van der Waals surface area contributed by atoms with Gasteiger partial charge in [0.05, 0.1) is 19.3 Å². The summed E-state index contributed by atoms with van der Waals surface area (Å²) in [5, 5.41) is 2.66. The molecule has 0 bridgehead atoms. The molecule has 2 unspecified atom stereocenters. The van der Waals surface area contributed by atoms with E-state index in [2.05, 4.69) is 5.32 Å². The number of nitrogens with two attached hydrogens (primary N) is 1. The fourth-order valence-electron chi connectivity index (χ4n) is 4.54. The summed E-state index contributed by atoms with van der Waals surface area (Å²) in [7, 11) is 0. The Morgan fingerprint density at radius 1 is 0.848 bits per heavy atom. The van der Waals surface area contributed by atoms with Crippen molar-refractivity contribution in [2.24, 2.45) is 5.73 Å². The number of hydrogen-bond acceptors (Lipinski definition) is 4. The van der Waals surface area contributed by atoms with E-state index in [-0.39, 0.29) is 9.81 Å². The molecule has 0 aromatic carbocycles. The van der Waals surface area contributed by atoms with E-state index < -0.39 is 66.9 Å². The molecular weight excluding hydrogens is 490 g/mol. The molecule has 2 heterocycles. The van der Waals surface area contributed by atoms with Crippen LogP contribution in [0.2, 0.25) is 0 Å². The summed E-state index contributed by atoms with van der Waals surface area (Å²) < 4.78 is 85.9. The van der Waals surface area contributed by atoms with Crippen LogP contribution in [0.15, 0.2) is 44.3 Å². The van der Waals surface area contributed by atoms with E-state index in [1.54, 1.807) is 20.8 Å². The van der Waals surface area contributed by atoms with Crippen LogP contribution in [0.5, 0.6) is 0 Å². The van der Waals surface area contributed by atoms with Crippen molar-refractivity contribution in [3.8, 4) is 0 Å².